The number of benzene rings is 1. The van der Waals surface area contributed by atoms with E-state index in [2.05, 4.69) is 14.4 Å². The number of nitrogens with one attached hydrogen (secondary N) is 1. The minimum atomic E-state index is -3.81. The predicted octanol–water partition coefficient (Wildman–Crippen LogP) is 2.06. The standard InChI is InChI=1S/C11H9ClN2O4S/c12-8-5-7-1-3-17-11(7)9(6-8)19(15,16)14-10-2-4-18-13-10/h2,4-6H,1,3H2,(H,13,14). The van der Waals surface area contributed by atoms with E-state index in [9.17, 15) is 8.42 Å². The number of anilines is 1. The molecule has 0 radical (unpaired) electrons. The fraction of sp³-hybridized carbons (Fsp3) is 0.182. The first kappa shape index (κ1) is 12.3. The Morgan fingerprint density at radius 2 is 2.21 bits per heavy atom. The Balaban J connectivity index is 2.06. The van der Waals surface area contributed by atoms with Crippen LogP contribution in [0.3, 0.4) is 0 Å². The highest BCUT2D eigenvalue weighted by Gasteiger charge is 2.27. The molecule has 1 N–H and O–H groups in total. The molecular weight excluding hydrogens is 292 g/mol. The van der Waals surface area contributed by atoms with E-state index in [0.29, 0.717) is 23.8 Å². The molecule has 0 saturated carbocycles. The Morgan fingerprint density at radius 1 is 1.37 bits per heavy atom. The Hall–Kier alpha value is -1.73. The van der Waals surface area contributed by atoms with Crippen LogP contribution >= 0.6 is 11.6 Å². The van der Waals surface area contributed by atoms with Crippen LogP contribution in [0.4, 0.5) is 5.82 Å². The smallest absolute Gasteiger partial charge is 0.266 e. The topological polar surface area (TPSA) is 81.4 Å². The second-order valence-electron chi connectivity index (χ2n) is 3.98. The zero-order chi connectivity index (χ0) is 13.5. The van der Waals surface area contributed by atoms with Gasteiger partial charge in [0.25, 0.3) is 10.0 Å². The van der Waals surface area contributed by atoms with Crippen molar-refractivity contribution in [1.29, 1.82) is 0 Å². The first-order valence-corrected chi connectivity index (χ1v) is 7.31. The molecule has 0 atom stereocenters. The Labute approximate surface area is 114 Å². The summed E-state index contributed by atoms with van der Waals surface area (Å²) < 4.78 is 36.8. The number of aromatic nitrogens is 1. The molecule has 0 amide bonds. The normalized spacial score (nSPS) is 13.9. The van der Waals surface area contributed by atoms with Crippen LogP contribution in [0.15, 0.2) is 33.9 Å². The van der Waals surface area contributed by atoms with E-state index in [1.54, 1.807) is 6.07 Å². The first-order chi connectivity index (χ1) is 9.06. The number of hydrogen-bond donors (Lipinski definition) is 1. The summed E-state index contributed by atoms with van der Waals surface area (Å²) in [6.07, 6.45) is 1.92. The summed E-state index contributed by atoms with van der Waals surface area (Å²) in [5.74, 6) is 0.451. The van der Waals surface area contributed by atoms with E-state index < -0.39 is 10.0 Å². The second-order valence-corrected chi connectivity index (χ2v) is 6.07. The summed E-state index contributed by atoms with van der Waals surface area (Å²) in [5, 5.41) is 3.86. The van der Waals surface area contributed by atoms with Crippen LogP contribution < -0.4 is 9.46 Å². The summed E-state index contributed by atoms with van der Waals surface area (Å²) >= 11 is 5.93. The van der Waals surface area contributed by atoms with Crippen molar-refractivity contribution in [2.45, 2.75) is 11.3 Å². The fourth-order valence-corrected chi connectivity index (χ4v) is 3.41. The fourth-order valence-electron chi connectivity index (χ4n) is 1.89. The van der Waals surface area contributed by atoms with Crippen molar-refractivity contribution in [2.75, 3.05) is 11.3 Å². The van der Waals surface area contributed by atoms with E-state index in [0.717, 1.165) is 5.56 Å². The third-order valence-electron chi connectivity index (χ3n) is 2.68. The molecule has 0 bridgehead atoms. The molecule has 100 valence electrons. The zero-order valence-electron chi connectivity index (χ0n) is 9.59. The van der Waals surface area contributed by atoms with Gasteiger partial charge >= 0.3 is 0 Å². The number of nitrogens with zero attached hydrogens (tertiary/aromatic N) is 1. The van der Waals surface area contributed by atoms with Gasteiger partial charge in [-0.25, -0.2) is 8.42 Å². The molecular formula is C11H9ClN2O4S. The number of halogens is 1. The molecule has 6 nitrogen and oxygen atoms in total. The van der Waals surface area contributed by atoms with E-state index in [-0.39, 0.29) is 10.7 Å². The van der Waals surface area contributed by atoms with E-state index in [4.69, 9.17) is 16.3 Å². The van der Waals surface area contributed by atoms with Gasteiger partial charge in [0, 0.05) is 23.1 Å². The van der Waals surface area contributed by atoms with Gasteiger partial charge < -0.3 is 9.26 Å². The molecule has 1 aliphatic rings. The highest BCUT2D eigenvalue weighted by molar-refractivity contribution is 7.92. The molecule has 1 aromatic heterocycles. The Bertz CT molecular complexity index is 713. The molecule has 2 aromatic rings. The molecule has 2 heterocycles. The highest BCUT2D eigenvalue weighted by Crippen LogP contribution is 2.36. The van der Waals surface area contributed by atoms with Gasteiger partial charge in [-0.3, -0.25) is 4.72 Å². The van der Waals surface area contributed by atoms with Gasteiger partial charge in [0.2, 0.25) is 0 Å². The van der Waals surface area contributed by atoms with Crippen LogP contribution in [0, 0.1) is 0 Å². The van der Waals surface area contributed by atoms with Crippen LogP contribution in [0.5, 0.6) is 5.75 Å². The lowest BCUT2D eigenvalue weighted by molar-refractivity contribution is 0.348. The summed E-state index contributed by atoms with van der Waals surface area (Å²) in [5.41, 5.74) is 0.785. The number of ether oxygens (including phenoxy) is 1. The molecule has 8 heteroatoms. The lowest BCUT2D eigenvalue weighted by Gasteiger charge is -2.10. The van der Waals surface area contributed by atoms with Gasteiger partial charge in [-0.1, -0.05) is 16.8 Å². The van der Waals surface area contributed by atoms with Gasteiger partial charge in [-0.05, 0) is 12.1 Å². The van der Waals surface area contributed by atoms with Crippen molar-refractivity contribution in [3.63, 3.8) is 0 Å². The maximum absolute atomic E-state index is 12.3. The number of fused-ring (bicyclic) bond motifs is 1. The van der Waals surface area contributed by atoms with Crippen LogP contribution in [-0.2, 0) is 16.4 Å². The van der Waals surface area contributed by atoms with Crippen molar-refractivity contribution in [1.82, 2.24) is 5.16 Å². The van der Waals surface area contributed by atoms with Crippen molar-refractivity contribution >= 4 is 27.4 Å². The lowest BCUT2D eigenvalue weighted by Crippen LogP contribution is -2.14. The third-order valence-corrected chi connectivity index (χ3v) is 4.26. The average Bonchev–Trinajstić information content (AvgIpc) is 2.97. The van der Waals surface area contributed by atoms with Crippen LogP contribution in [-0.4, -0.2) is 20.2 Å². The first-order valence-electron chi connectivity index (χ1n) is 5.45. The molecule has 1 aromatic carbocycles. The number of hydrogen-bond acceptors (Lipinski definition) is 5. The molecule has 0 saturated heterocycles. The number of rotatable bonds is 3. The predicted molar refractivity (Wildman–Crippen MR) is 68.0 cm³/mol. The van der Waals surface area contributed by atoms with Gasteiger partial charge in [0.1, 0.15) is 16.9 Å². The molecule has 0 spiro atoms. The van der Waals surface area contributed by atoms with Crippen LogP contribution in [0.25, 0.3) is 0 Å². The SMILES string of the molecule is O=S(=O)(Nc1ccon1)c1cc(Cl)cc2c1OCC2. The van der Waals surface area contributed by atoms with Gasteiger partial charge in [-0.2, -0.15) is 0 Å². The minimum Gasteiger partial charge on any atom is -0.492 e. The molecule has 19 heavy (non-hydrogen) atoms. The van der Waals surface area contributed by atoms with Crippen molar-refractivity contribution in [3.05, 3.63) is 35.0 Å². The Kier molecular flexibility index (Phi) is 2.87. The largest absolute Gasteiger partial charge is 0.492 e. The van der Waals surface area contributed by atoms with E-state index in [1.807, 2.05) is 0 Å². The van der Waals surface area contributed by atoms with Crippen molar-refractivity contribution in [2.24, 2.45) is 0 Å². The van der Waals surface area contributed by atoms with E-state index in [1.165, 1.54) is 18.4 Å². The zero-order valence-corrected chi connectivity index (χ0v) is 11.2. The highest BCUT2D eigenvalue weighted by atomic mass is 35.5. The Morgan fingerprint density at radius 3 is 2.95 bits per heavy atom. The molecule has 1 aliphatic heterocycles. The second kappa shape index (κ2) is 4.43. The van der Waals surface area contributed by atoms with Gasteiger partial charge in [0.05, 0.1) is 6.61 Å². The van der Waals surface area contributed by atoms with Crippen LogP contribution in [0.1, 0.15) is 5.56 Å². The maximum atomic E-state index is 12.3. The van der Waals surface area contributed by atoms with E-state index >= 15 is 0 Å². The molecule has 0 aliphatic carbocycles. The lowest BCUT2D eigenvalue weighted by atomic mass is 10.2. The summed E-state index contributed by atoms with van der Waals surface area (Å²) in [6.45, 7) is 0.447. The van der Waals surface area contributed by atoms with Crippen LogP contribution in [0.2, 0.25) is 5.02 Å². The summed E-state index contributed by atoms with van der Waals surface area (Å²) in [7, 11) is -3.81. The maximum Gasteiger partial charge on any atom is 0.266 e. The van der Waals surface area contributed by atoms with Gasteiger partial charge in [-0.15, -0.1) is 0 Å². The average molecular weight is 301 g/mol. The van der Waals surface area contributed by atoms with Crippen molar-refractivity contribution < 1.29 is 17.7 Å². The monoisotopic (exact) mass is 300 g/mol. The molecule has 3 rings (SSSR count). The van der Waals surface area contributed by atoms with Gasteiger partial charge in [0.15, 0.2) is 5.82 Å². The summed E-state index contributed by atoms with van der Waals surface area (Å²) in [4.78, 5) is 0.00972. The summed E-state index contributed by atoms with van der Waals surface area (Å²) in [6, 6.07) is 4.47. The minimum absolute atomic E-state index is 0.00972. The third kappa shape index (κ3) is 2.26. The molecule has 0 fully saturated rings. The molecule has 0 unspecified atom stereocenters. The number of sulfonamides is 1. The van der Waals surface area contributed by atoms with Crippen molar-refractivity contribution in [3.8, 4) is 5.75 Å². The quantitative estimate of drug-likeness (QED) is 0.938.